The summed E-state index contributed by atoms with van der Waals surface area (Å²) in [6.07, 6.45) is 1.15. The minimum absolute atomic E-state index is 0.0673. The SMILES string of the molecule is CCN(CCN(CC)CC(=O)NCC(=O)NNc1ccc(C(=O)NCC(=O)N2CCC[C@H]2B(O)O)cc1)CC(=O)O. The van der Waals surface area contributed by atoms with E-state index >= 15 is 0 Å². The Bertz CT molecular complexity index is 1040. The Kier molecular flexibility index (Phi) is 14.0. The summed E-state index contributed by atoms with van der Waals surface area (Å²) in [5, 5.41) is 32.8. The van der Waals surface area contributed by atoms with Crippen LogP contribution in [0.1, 0.15) is 37.0 Å². The highest BCUT2D eigenvalue weighted by Crippen LogP contribution is 2.18. The molecule has 0 bridgehead atoms. The van der Waals surface area contributed by atoms with E-state index in [-0.39, 0.29) is 37.6 Å². The van der Waals surface area contributed by atoms with Gasteiger partial charge in [0.2, 0.25) is 11.8 Å². The zero-order valence-electron chi connectivity index (χ0n) is 23.5. The first kappa shape index (κ1) is 33.5. The number of likely N-dealkylation sites (tertiary alicyclic amines) is 1. The van der Waals surface area contributed by atoms with Crippen LogP contribution >= 0.6 is 0 Å². The van der Waals surface area contributed by atoms with Crippen LogP contribution in [-0.2, 0) is 19.2 Å². The van der Waals surface area contributed by atoms with Crippen molar-refractivity contribution in [2.24, 2.45) is 0 Å². The molecule has 4 amide bonds. The second kappa shape index (κ2) is 17.2. The molecule has 1 aliphatic rings. The lowest BCUT2D eigenvalue weighted by Crippen LogP contribution is -2.48. The largest absolute Gasteiger partial charge is 0.480 e. The van der Waals surface area contributed by atoms with Crippen molar-refractivity contribution in [3.8, 4) is 0 Å². The van der Waals surface area contributed by atoms with E-state index in [1.54, 1.807) is 17.0 Å². The van der Waals surface area contributed by atoms with Crippen molar-refractivity contribution in [3.05, 3.63) is 29.8 Å². The van der Waals surface area contributed by atoms with Gasteiger partial charge >= 0.3 is 13.1 Å². The molecule has 226 valence electrons. The average molecular weight is 577 g/mol. The molecule has 0 radical (unpaired) electrons. The van der Waals surface area contributed by atoms with Crippen LogP contribution in [0.5, 0.6) is 0 Å². The number of benzene rings is 1. The normalized spacial score (nSPS) is 14.6. The average Bonchev–Trinajstić information content (AvgIpc) is 3.45. The first-order chi connectivity index (χ1) is 19.5. The minimum atomic E-state index is -1.62. The van der Waals surface area contributed by atoms with Crippen LogP contribution in [0.2, 0.25) is 0 Å². The van der Waals surface area contributed by atoms with Crippen LogP contribution in [0.25, 0.3) is 0 Å². The van der Waals surface area contributed by atoms with Gasteiger partial charge < -0.3 is 30.7 Å². The number of nitrogens with one attached hydrogen (secondary N) is 4. The molecule has 41 heavy (non-hydrogen) atoms. The molecule has 1 aliphatic heterocycles. The zero-order chi connectivity index (χ0) is 30.4. The number of amides is 4. The number of hydrazine groups is 1. The van der Waals surface area contributed by atoms with Crippen LogP contribution in [0.3, 0.4) is 0 Å². The van der Waals surface area contributed by atoms with Gasteiger partial charge in [-0.25, -0.2) is 0 Å². The lowest BCUT2D eigenvalue weighted by molar-refractivity contribution is -0.138. The molecule has 0 saturated carbocycles. The fourth-order valence-corrected chi connectivity index (χ4v) is 4.27. The maximum absolute atomic E-state index is 12.4. The van der Waals surface area contributed by atoms with Gasteiger partial charge in [-0.2, -0.15) is 0 Å². The Labute approximate surface area is 239 Å². The summed E-state index contributed by atoms with van der Waals surface area (Å²) in [4.78, 5) is 65.0. The smallest absolute Gasteiger partial charge is 0.475 e. The van der Waals surface area contributed by atoms with E-state index in [2.05, 4.69) is 21.5 Å². The van der Waals surface area contributed by atoms with Gasteiger partial charge in [-0.15, -0.1) is 0 Å². The molecule has 16 heteroatoms. The molecule has 1 aromatic rings. The van der Waals surface area contributed by atoms with Crippen molar-refractivity contribution >= 4 is 42.4 Å². The molecular weight excluding hydrogens is 537 g/mol. The van der Waals surface area contributed by atoms with Gasteiger partial charge in [0.15, 0.2) is 0 Å². The molecule has 2 rings (SSSR count). The number of carboxylic acids is 1. The molecule has 1 heterocycles. The number of hydrogen-bond donors (Lipinski definition) is 7. The van der Waals surface area contributed by atoms with E-state index < -0.39 is 36.8 Å². The molecule has 1 atom stereocenters. The van der Waals surface area contributed by atoms with Crippen LogP contribution in [0, 0.1) is 0 Å². The number of nitrogens with zero attached hydrogens (tertiary/aromatic N) is 3. The van der Waals surface area contributed by atoms with Gasteiger partial charge in [-0.3, -0.25) is 44.6 Å². The lowest BCUT2D eigenvalue weighted by atomic mass is 9.78. The number of carbonyl (C=O) groups excluding carboxylic acids is 4. The van der Waals surface area contributed by atoms with Crippen molar-refractivity contribution in [2.75, 3.05) is 64.3 Å². The highest BCUT2D eigenvalue weighted by molar-refractivity contribution is 6.43. The number of anilines is 1. The molecule has 15 nitrogen and oxygen atoms in total. The van der Waals surface area contributed by atoms with E-state index in [4.69, 9.17) is 5.11 Å². The molecule has 0 aliphatic carbocycles. The molecular formula is C25H40BN7O8. The van der Waals surface area contributed by atoms with Crippen LogP contribution < -0.4 is 21.5 Å². The highest BCUT2D eigenvalue weighted by atomic mass is 16.4. The van der Waals surface area contributed by atoms with E-state index in [0.717, 1.165) is 0 Å². The Morgan fingerprint density at radius 1 is 0.927 bits per heavy atom. The van der Waals surface area contributed by atoms with Gasteiger partial charge in [-0.05, 0) is 50.2 Å². The maximum Gasteiger partial charge on any atom is 0.475 e. The number of aliphatic carboxylic acids is 1. The number of carbonyl (C=O) groups is 5. The van der Waals surface area contributed by atoms with Gasteiger partial charge in [0, 0.05) is 25.2 Å². The van der Waals surface area contributed by atoms with E-state index in [0.29, 0.717) is 51.3 Å². The topological polar surface area (TPSA) is 204 Å². The third-order valence-electron chi connectivity index (χ3n) is 6.66. The van der Waals surface area contributed by atoms with Crippen molar-refractivity contribution < 1.29 is 39.1 Å². The Morgan fingerprint density at radius 2 is 1.56 bits per heavy atom. The summed E-state index contributed by atoms with van der Waals surface area (Å²) < 4.78 is 0. The predicted molar refractivity (Wildman–Crippen MR) is 150 cm³/mol. The first-order valence-corrected chi connectivity index (χ1v) is 13.6. The molecule has 0 aromatic heterocycles. The second-order valence-electron chi connectivity index (χ2n) is 9.55. The molecule has 1 saturated heterocycles. The summed E-state index contributed by atoms with van der Waals surface area (Å²) in [6.45, 7) is 5.80. The van der Waals surface area contributed by atoms with E-state index in [1.165, 1.54) is 17.0 Å². The molecule has 0 unspecified atom stereocenters. The quantitative estimate of drug-likeness (QED) is 0.0775. The molecule has 1 aromatic carbocycles. The third kappa shape index (κ3) is 11.7. The number of carboxylic acid groups (broad SMARTS) is 1. The molecule has 1 fully saturated rings. The standard InChI is InChI=1S/C25H40BN7O8/c1-3-31(12-13-32(4-2)17-24(37)38)16-22(35)27-14-21(34)30-29-19-9-7-18(8-10-19)25(39)28-15-23(36)33-11-5-6-20(33)26(40)41/h7-10,20,29,40-41H,3-6,11-17H2,1-2H3,(H,27,35)(H,28,39)(H,30,34)(H,37,38)/t20-/m0/s1. The first-order valence-electron chi connectivity index (χ1n) is 13.6. The summed E-state index contributed by atoms with van der Waals surface area (Å²) in [5.41, 5.74) is 5.90. The van der Waals surface area contributed by atoms with Crippen molar-refractivity contribution in [1.82, 2.24) is 30.8 Å². The summed E-state index contributed by atoms with van der Waals surface area (Å²) in [6, 6.07) is 6.11. The third-order valence-corrected chi connectivity index (χ3v) is 6.66. The minimum Gasteiger partial charge on any atom is -0.480 e. The fraction of sp³-hybridized carbons (Fsp3) is 0.560. The number of rotatable bonds is 17. The predicted octanol–water partition coefficient (Wildman–Crippen LogP) is -2.29. The fourth-order valence-electron chi connectivity index (χ4n) is 4.27. The van der Waals surface area contributed by atoms with Crippen LogP contribution in [-0.4, -0.2) is 131 Å². The van der Waals surface area contributed by atoms with E-state index in [1.807, 2.05) is 18.7 Å². The maximum atomic E-state index is 12.4. The Hall–Kier alpha value is -3.73. The van der Waals surface area contributed by atoms with Crippen molar-refractivity contribution in [3.63, 3.8) is 0 Å². The van der Waals surface area contributed by atoms with Crippen LogP contribution in [0.4, 0.5) is 5.69 Å². The van der Waals surface area contributed by atoms with Gasteiger partial charge in [0.1, 0.15) is 0 Å². The Morgan fingerprint density at radius 3 is 2.15 bits per heavy atom. The Balaban J connectivity index is 1.69. The summed E-state index contributed by atoms with van der Waals surface area (Å²) in [5.74, 6) is -3.30. The number of hydrogen-bond acceptors (Lipinski definition) is 10. The van der Waals surface area contributed by atoms with Gasteiger partial charge in [-0.1, -0.05) is 13.8 Å². The van der Waals surface area contributed by atoms with Crippen LogP contribution in [0.15, 0.2) is 24.3 Å². The zero-order valence-corrected chi connectivity index (χ0v) is 23.5. The van der Waals surface area contributed by atoms with E-state index in [9.17, 15) is 34.0 Å². The molecule has 7 N–H and O–H groups in total. The van der Waals surface area contributed by atoms with Gasteiger partial charge in [0.25, 0.3) is 11.8 Å². The monoisotopic (exact) mass is 577 g/mol. The lowest BCUT2D eigenvalue weighted by Gasteiger charge is -2.24. The molecule has 0 spiro atoms. The van der Waals surface area contributed by atoms with Crippen molar-refractivity contribution in [2.45, 2.75) is 32.6 Å². The second-order valence-corrected chi connectivity index (χ2v) is 9.55. The number of likely N-dealkylation sites (N-methyl/N-ethyl adjacent to an activating group) is 2. The summed E-state index contributed by atoms with van der Waals surface area (Å²) in [7, 11) is -1.62. The summed E-state index contributed by atoms with van der Waals surface area (Å²) >= 11 is 0. The van der Waals surface area contributed by atoms with Gasteiger partial charge in [0.05, 0.1) is 37.8 Å². The highest BCUT2D eigenvalue weighted by Gasteiger charge is 2.36. The van der Waals surface area contributed by atoms with Crippen molar-refractivity contribution in [1.29, 1.82) is 0 Å².